The van der Waals surface area contributed by atoms with Crippen molar-refractivity contribution < 1.29 is 0 Å². The molecule has 4 heteroatoms. The average Bonchev–Trinajstić information content (AvgIpc) is 2.43. The van der Waals surface area contributed by atoms with Crippen molar-refractivity contribution in [2.45, 2.75) is 13.3 Å². The number of pyridine rings is 1. The maximum atomic E-state index is 5.98. The van der Waals surface area contributed by atoms with Crippen molar-refractivity contribution >= 4 is 33.0 Å². The Morgan fingerprint density at radius 3 is 3.08 bits per heavy atom. The average molecular weight is 260 g/mol. The molecule has 0 bridgehead atoms. The van der Waals surface area contributed by atoms with Gasteiger partial charge in [0.15, 0.2) is 5.15 Å². The van der Waals surface area contributed by atoms with Gasteiger partial charge >= 0.3 is 0 Å². The van der Waals surface area contributed by atoms with Crippen molar-refractivity contribution in [1.82, 2.24) is 9.38 Å². The standard InChI is InChI=1S/C9H8BrClN2/c1-2-8-12-9(11)7-5-6(10)3-4-13(7)8/h3-5H,2H2,1H3. The van der Waals surface area contributed by atoms with Gasteiger partial charge in [-0.15, -0.1) is 0 Å². The molecule has 0 aromatic carbocycles. The number of hydrogen-bond donors (Lipinski definition) is 0. The lowest BCUT2D eigenvalue weighted by Crippen LogP contribution is -1.90. The van der Waals surface area contributed by atoms with E-state index >= 15 is 0 Å². The molecule has 0 aliphatic rings. The van der Waals surface area contributed by atoms with Crippen LogP contribution in [-0.2, 0) is 6.42 Å². The monoisotopic (exact) mass is 258 g/mol. The van der Waals surface area contributed by atoms with Crippen LogP contribution in [0.25, 0.3) is 5.52 Å². The summed E-state index contributed by atoms with van der Waals surface area (Å²) in [6.07, 6.45) is 2.85. The number of rotatable bonds is 1. The highest BCUT2D eigenvalue weighted by molar-refractivity contribution is 9.10. The van der Waals surface area contributed by atoms with E-state index in [4.69, 9.17) is 11.6 Å². The van der Waals surface area contributed by atoms with Crippen LogP contribution in [-0.4, -0.2) is 9.38 Å². The van der Waals surface area contributed by atoms with Gasteiger partial charge in [0, 0.05) is 17.1 Å². The third kappa shape index (κ3) is 1.46. The second kappa shape index (κ2) is 3.31. The first-order chi connectivity index (χ1) is 6.22. The zero-order chi connectivity index (χ0) is 9.42. The summed E-state index contributed by atoms with van der Waals surface area (Å²) in [5.41, 5.74) is 0.952. The van der Waals surface area contributed by atoms with Crippen LogP contribution in [0.5, 0.6) is 0 Å². The zero-order valence-corrected chi connectivity index (χ0v) is 9.43. The van der Waals surface area contributed by atoms with Crippen molar-refractivity contribution in [3.63, 3.8) is 0 Å². The van der Waals surface area contributed by atoms with E-state index in [0.717, 1.165) is 22.2 Å². The lowest BCUT2D eigenvalue weighted by molar-refractivity contribution is 0.933. The lowest BCUT2D eigenvalue weighted by atomic mass is 10.4. The molecule has 0 atom stereocenters. The smallest absolute Gasteiger partial charge is 0.155 e. The first-order valence-corrected chi connectivity index (χ1v) is 5.21. The van der Waals surface area contributed by atoms with E-state index in [1.165, 1.54) is 0 Å². The van der Waals surface area contributed by atoms with Gasteiger partial charge in [0.25, 0.3) is 0 Å². The summed E-state index contributed by atoms with van der Waals surface area (Å²) in [6, 6.07) is 3.94. The minimum Gasteiger partial charge on any atom is -0.302 e. The van der Waals surface area contributed by atoms with Crippen molar-refractivity contribution in [2.75, 3.05) is 0 Å². The first kappa shape index (κ1) is 9.03. The summed E-state index contributed by atoms with van der Waals surface area (Å²) in [5, 5.41) is 0.568. The number of nitrogens with zero attached hydrogens (tertiary/aromatic N) is 2. The number of aryl methyl sites for hydroxylation is 1. The van der Waals surface area contributed by atoms with Crippen LogP contribution >= 0.6 is 27.5 Å². The van der Waals surface area contributed by atoms with Crippen molar-refractivity contribution in [3.8, 4) is 0 Å². The number of aromatic nitrogens is 2. The van der Waals surface area contributed by atoms with Gasteiger partial charge in [0.2, 0.25) is 0 Å². The Morgan fingerprint density at radius 2 is 2.38 bits per heavy atom. The molecule has 0 fully saturated rings. The molecule has 0 aliphatic heterocycles. The Hall–Kier alpha value is -0.540. The Bertz CT molecular complexity index is 450. The van der Waals surface area contributed by atoms with Crippen molar-refractivity contribution in [1.29, 1.82) is 0 Å². The quantitative estimate of drug-likeness (QED) is 0.768. The zero-order valence-electron chi connectivity index (χ0n) is 7.09. The largest absolute Gasteiger partial charge is 0.302 e. The van der Waals surface area contributed by atoms with E-state index in [-0.39, 0.29) is 0 Å². The van der Waals surface area contributed by atoms with Gasteiger partial charge in [-0.3, -0.25) is 0 Å². The van der Waals surface area contributed by atoms with Gasteiger partial charge in [-0.05, 0) is 12.1 Å². The molecule has 2 rings (SSSR count). The van der Waals surface area contributed by atoms with Gasteiger partial charge in [-0.2, -0.15) is 0 Å². The molecule has 0 N–H and O–H groups in total. The van der Waals surface area contributed by atoms with E-state index < -0.39 is 0 Å². The number of hydrogen-bond acceptors (Lipinski definition) is 1. The second-order valence-corrected chi connectivity index (χ2v) is 4.05. The van der Waals surface area contributed by atoms with Gasteiger partial charge in [0.05, 0.1) is 5.52 Å². The Morgan fingerprint density at radius 1 is 1.62 bits per heavy atom. The topological polar surface area (TPSA) is 17.3 Å². The summed E-state index contributed by atoms with van der Waals surface area (Å²) in [7, 11) is 0. The Labute approximate surface area is 89.7 Å². The maximum Gasteiger partial charge on any atom is 0.155 e. The lowest BCUT2D eigenvalue weighted by Gasteiger charge is -1.97. The maximum absolute atomic E-state index is 5.98. The second-order valence-electron chi connectivity index (χ2n) is 2.77. The molecule has 68 valence electrons. The van der Waals surface area contributed by atoms with Gasteiger partial charge < -0.3 is 4.40 Å². The van der Waals surface area contributed by atoms with Crippen LogP contribution in [0.4, 0.5) is 0 Å². The van der Waals surface area contributed by atoms with E-state index in [9.17, 15) is 0 Å². The number of imidazole rings is 1. The van der Waals surface area contributed by atoms with Crippen LogP contribution in [0.15, 0.2) is 22.8 Å². The van der Waals surface area contributed by atoms with Gasteiger partial charge in [-0.1, -0.05) is 34.5 Å². The predicted octanol–water partition coefficient (Wildman–Crippen LogP) is 3.31. The SMILES string of the molecule is CCc1nc(Cl)c2cc(Br)ccn12. The molecule has 0 amide bonds. The van der Waals surface area contributed by atoms with Gasteiger partial charge in [-0.25, -0.2) is 4.98 Å². The third-order valence-electron chi connectivity index (χ3n) is 1.95. The normalized spacial score (nSPS) is 11.0. The molecule has 0 saturated carbocycles. The highest BCUT2D eigenvalue weighted by Crippen LogP contribution is 2.21. The van der Waals surface area contributed by atoms with Crippen LogP contribution < -0.4 is 0 Å². The molecular weight excluding hydrogens is 251 g/mol. The predicted molar refractivity (Wildman–Crippen MR) is 57.3 cm³/mol. The van der Waals surface area contributed by atoms with Crippen molar-refractivity contribution in [2.24, 2.45) is 0 Å². The van der Waals surface area contributed by atoms with Crippen LogP contribution in [0.1, 0.15) is 12.7 Å². The van der Waals surface area contributed by atoms with Crippen LogP contribution in [0, 0.1) is 0 Å². The molecule has 0 unspecified atom stereocenters. The molecule has 2 heterocycles. The third-order valence-corrected chi connectivity index (χ3v) is 2.72. The van der Waals surface area contributed by atoms with E-state index in [0.29, 0.717) is 5.15 Å². The highest BCUT2D eigenvalue weighted by atomic mass is 79.9. The Kier molecular flexibility index (Phi) is 2.30. The van der Waals surface area contributed by atoms with E-state index in [1.807, 2.05) is 22.7 Å². The van der Waals surface area contributed by atoms with E-state index in [2.05, 4.69) is 27.8 Å². The summed E-state index contributed by atoms with van der Waals surface area (Å²) in [6.45, 7) is 2.06. The van der Waals surface area contributed by atoms with E-state index in [1.54, 1.807) is 0 Å². The first-order valence-electron chi connectivity index (χ1n) is 4.04. The summed E-state index contributed by atoms with van der Waals surface area (Å²) >= 11 is 9.37. The molecule has 0 spiro atoms. The molecular formula is C9H8BrClN2. The highest BCUT2D eigenvalue weighted by Gasteiger charge is 2.06. The minimum atomic E-state index is 0.568. The summed E-state index contributed by atoms with van der Waals surface area (Å²) in [4.78, 5) is 4.26. The fraction of sp³-hybridized carbons (Fsp3) is 0.222. The molecule has 0 saturated heterocycles. The summed E-state index contributed by atoms with van der Waals surface area (Å²) < 4.78 is 3.03. The fourth-order valence-electron chi connectivity index (χ4n) is 1.33. The molecule has 2 aromatic rings. The van der Waals surface area contributed by atoms with Crippen LogP contribution in [0.3, 0.4) is 0 Å². The summed E-state index contributed by atoms with van der Waals surface area (Å²) in [5.74, 6) is 0.993. The minimum absolute atomic E-state index is 0.568. The number of halogens is 2. The molecule has 0 radical (unpaired) electrons. The van der Waals surface area contributed by atoms with Gasteiger partial charge in [0.1, 0.15) is 5.82 Å². The molecule has 2 aromatic heterocycles. The van der Waals surface area contributed by atoms with Crippen LogP contribution in [0.2, 0.25) is 5.15 Å². The van der Waals surface area contributed by atoms with Crippen molar-refractivity contribution in [3.05, 3.63) is 33.8 Å². The molecule has 13 heavy (non-hydrogen) atoms. The fourth-order valence-corrected chi connectivity index (χ4v) is 1.91. The molecule has 0 aliphatic carbocycles. The molecule has 2 nitrogen and oxygen atoms in total. The Balaban J connectivity index is 2.80. The number of fused-ring (bicyclic) bond motifs is 1.